The van der Waals surface area contributed by atoms with Crippen LogP contribution in [0.1, 0.15) is 76.8 Å². The number of carbonyl (C=O) groups is 2. The number of nitrogens with zero attached hydrogens (tertiary/aromatic N) is 2. The van der Waals surface area contributed by atoms with Crippen LogP contribution >= 0.6 is 0 Å². The van der Waals surface area contributed by atoms with Gasteiger partial charge in [0.1, 0.15) is 5.75 Å². The maximum atomic E-state index is 13.4. The maximum Gasteiger partial charge on any atom is 0.308 e. The number of hydrogen-bond acceptors (Lipinski definition) is 5. The standard InChI is InChI=1S/C28H45N3O4/c1-5-7-13-30(14-12-29)25(32)19-31-18-22(20-8-9-24-21(16-20)10-15-35-24)26(27(33)34)23(31)17-28(3,4)11-6-2/h8-9,16,22-23,26H,5-7,10-15,17-19,29H2,1-4H3,(H,33,34)/t22-,23+,26?/m1/s1. The third-order valence-electron chi connectivity index (χ3n) is 7.74. The van der Waals surface area contributed by atoms with Crippen LogP contribution in [0.3, 0.4) is 0 Å². The lowest BCUT2D eigenvalue weighted by molar-refractivity contribution is -0.144. The molecule has 1 aromatic carbocycles. The highest BCUT2D eigenvalue weighted by Crippen LogP contribution is 2.44. The first-order valence-corrected chi connectivity index (χ1v) is 13.4. The molecular formula is C28H45N3O4. The largest absolute Gasteiger partial charge is 0.493 e. The molecule has 0 saturated carbocycles. The van der Waals surface area contributed by atoms with E-state index < -0.39 is 11.9 Å². The molecule has 7 heteroatoms. The Bertz CT molecular complexity index is 872. The molecule has 0 aromatic heterocycles. The lowest BCUT2D eigenvalue weighted by Crippen LogP contribution is -2.46. The van der Waals surface area contributed by atoms with Gasteiger partial charge >= 0.3 is 5.97 Å². The molecule has 1 fully saturated rings. The summed E-state index contributed by atoms with van der Waals surface area (Å²) in [5.41, 5.74) is 7.99. The molecule has 1 unspecified atom stereocenters. The predicted octanol–water partition coefficient (Wildman–Crippen LogP) is 3.89. The van der Waals surface area contributed by atoms with E-state index in [4.69, 9.17) is 10.5 Å². The Morgan fingerprint density at radius 3 is 2.66 bits per heavy atom. The number of carboxylic acids is 1. The van der Waals surface area contributed by atoms with Crippen molar-refractivity contribution in [2.24, 2.45) is 17.1 Å². The monoisotopic (exact) mass is 487 g/mol. The average Bonchev–Trinajstić information content (AvgIpc) is 3.40. The summed E-state index contributed by atoms with van der Waals surface area (Å²) in [6.07, 6.45) is 5.63. The molecule has 35 heavy (non-hydrogen) atoms. The Kier molecular flexibility index (Phi) is 9.59. The predicted molar refractivity (Wildman–Crippen MR) is 139 cm³/mol. The fourth-order valence-corrected chi connectivity index (χ4v) is 6.01. The van der Waals surface area contributed by atoms with Gasteiger partial charge in [-0.05, 0) is 41.9 Å². The maximum absolute atomic E-state index is 13.4. The van der Waals surface area contributed by atoms with Gasteiger partial charge in [0.25, 0.3) is 0 Å². The first-order chi connectivity index (χ1) is 16.7. The highest BCUT2D eigenvalue weighted by Gasteiger charge is 2.48. The number of carbonyl (C=O) groups excluding carboxylic acids is 1. The minimum absolute atomic E-state index is 0.00572. The SMILES string of the molecule is CCCCN(CCN)C(=O)CN1C[C@H](c2ccc3c(c2)CCO3)C(C(=O)O)[C@@H]1CC(C)(C)CCC. The van der Waals surface area contributed by atoms with Gasteiger partial charge < -0.3 is 20.5 Å². The van der Waals surface area contributed by atoms with E-state index in [2.05, 4.69) is 38.7 Å². The van der Waals surface area contributed by atoms with Gasteiger partial charge in [0.05, 0.1) is 19.1 Å². The van der Waals surface area contributed by atoms with Gasteiger partial charge in [-0.15, -0.1) is 0 Å². The van der Waals surface area contributed by atoms with Gasteiger partial charge in [0.2, 0.25) is 5.91 Å². The Morgan fingerprint density at radius 1 is 1.23 bits per heavy atom. The van der Waals surface area contributed by atoms with E-state index in [-0.39, 0.29) is 29.8 Å². The molecule has 2 aliphatic rings. The minimum Gasteiger partial charge on any atom is -0.493 e. The molecule has 3 N–H and O–H groups in total. The van der Waals surface area contributed by atoms with Crippen LogP contribution in [0.25, 0.3) is 0 Å². The third-order valence-corrected chi connectivity index (χ3v) is 7.74. The van der Waals surface area contributed by atoms with E-state index in [1.54, 1.807) is 0 Å². The molecule has 196 valence electrons. The average molecular weight is 488 g/mol. The molecule has 1 aromatic rings. The summed E-state index contributed by atoms with van der Waals surface area (Å²) in [5, 5.41) is 10.4. The summed E-state index contributed by atoms with van der Waals surface area (Å²) in [4.78, 5) is 30.1. The van der Waals surface area contributed by atoms with E-state index >= 15 is 0 Å². The summed E-state index contributed by atoms with van der Waals surface area (Å²) in [5.74, 6) is -0.539. The second-order valence-corrected chi connectivity index (χ2v) is 11.1. The van der Waals surface area contributed by atoms with Gasteiger partial charge in [0, 0.05) is 44.6 Å². The number of amides is 1. The lowest BCUT2D eigenvalue weighted by Gasteiger charge is -2.35. The van der Waals surface area contributed by atoms with Crippen molar-refractivity contribution in [3.63, 3.8) is 0 Å². The highest BCUT2D eigenvalue weighted by atomic mass is 16.5. The van der Waals surface area contributed by atoms with Crippen molar-refractivity contribution in [3.05, 3.63) is 29.3 Å². The zero-order valence-electron chi connectivity index (χ0n) is 22.1. The number of fused-ring (bicyclic) bond motifs is 1. The summed E-state index contributed by atoms with van der Waals surface area (Å²) in [6, 6.07) is 5.93. The molecular weight excluding hydrogens is 442 g/mol. The minimum atomic E-state index is -0.774. The number of aliphatic carboxylic acids is 1. The third kappa shape index (κ3) is 6.76. The summed E-state index contributed by atoms with van der Waals surface area (Å²) in [6.45, 7) is 11.9. The molecule has 0 bridgehead atoms. The van der Waals surface area contributed by atoms with Crippen molar-refractivity contribution in [3.8, 4) is 5.75 Å². The Labute approximate surface area is 211 Å². The molecule has 0 radical (unpaired) electrons. The number of carboxylic acid groups (broad SMARTS) is 1. The fraction of sp³-hybridized carbons (Fsp3) is 0.714. The van der Waals surface area contributed by atoms with Crippen LogP contribution in [0.4, 0.5) is 0 Å². The normalized spacial score (nSPS) is 22.1. The zero-order valence-corrected chi connectivity index (χ0v) is 22.1. The molecule has 0 aliphatic carbocycles. The first-order valence-electron chi connectivity index (χ1n) is 13.4. The van der Waals surface area contributed by atoms with Crippen molar-refractivity contribution in [2.75, 3.05) is 39.3 Å². The van der Waals surface area contributed by atoms with Crippen LogP contribution in [-0.4, -0.2) is 72.2 Å². The van der Waals surface area contributed by atoms with Gasteiger partial charge in [-0.3, -0.25) is 14.5 Å². The van der Waals surface area contributed by atoms with Crippen LogP contribution in [0, 0.1) is 11.3 Å². The molecule has 3 rings (SSSR count). The lowest BCUT2D eigenvalue weighted by atomic mass is 9.76. The number of likely N-dealkylation sites (tertiary alicyclic amines) is 1. The number of benzene rings is 1. The number of rotatable bonds is 13. The number of hydrogen-bond donors (Lipinski definition) is 2. The van der Waals surface area contributed by atoms with Gasteiger partial charge in [0.15, 0.2) is 0 Å². The van der Waals surface area contributed by atoms with Crippen LogP contribution in [-0.2, 0) is 16.0 Å². The van der Waals surface area contributed by atoms with Crippen molar-refractivity contribution in [1.82, 2.24) is 9.80 Å². The first kappa shape index (κ1) is 27.5. The Morgan fingerprint density at radius 2 is 2.00 bits per heavy atom. The van der Waals surface area contributed by atoms with Crippen molar-refractivity contribution >= 4 is 11.9 Å². The topological polar surface area (TPSA) is 96.1 Å². The molecule has 0 spiro atoms. The molecule has 3 atom stereocenters. The van der Waals surface area contributed by atoms with E-state index in [0.717, 1.165) is 55.4 Å². The van der Waals surface area contributed by atoms with Crippen LogP contribution in [0.5, 0.6) is 5.75 Å². The smallest absolute Gasteiger partial charge is 0.308 e. The van der Waals surface area contributed by atoms with Crippen molar-refractivity contribution in [1.29, 1.82) is 0 Å². The summed E-state index contributed by atoms with van der Waals surface area (Å²) < 4.78 is 5.67. The second kappa shape index (κ2) is 12.2. The highest BCUT2D eigenvalue weighted by molar-refractivity contribution is 5.79. The fourth-order valence-electron chi connectivity index (χ4n) is 6.01. The zero-order chi connectivity index (χ0) is 25.6. The van der Waals surface area contributed by atoms with Crippen molar-refractivity contribution in [2.45, 2.75) is 78.2 Å². The number of unbranched alkanes of at least 4 members (excludes halogenated alkanes) is 1. The van der Waals surface area contributed by atoms with E-state index in [1.807, 2.05) is 17.0 Å². The molecule has 2 heterocycles. The second-order valence-electron chi connectivity index (χ2n) is 11.1. The molecule has 1 saturated heterocycles. The molecule has 7 nitrogen and oxygen atoms in total. The number of nitrogens with two attached hydrogens (primary N) is 1. The van der Waals surface area contributed by atoms with E-state index in [0.29, 0.717) is 32.8 Å². The summed E-state index contributed by atoms with van der Waals surface area (Å²) in [7, 11) is 0. The van der Waals surface area contributed by atoms with E-state index in [1.165, 1.54) is 0 Å². The quantitative estimate of drug-likeness (QED) is 0.438. The van der Waals surface area contributed by atoms with E-state index in [9.17, 15) is 14.7 Å². The van der Waals surface area contributed by atoms with Crippen molar-refractivity contribution < 1.29 is 19.4 Å². The van der Waals surface area contributed by atoms with Crippen LogP contribution in [0.15, 0.2) is 18.2 Å². The Hall–Kier alpha value is -2.12. The summed E-state index contributed by atoms with van der Waals surface area (Å²) >= 11 is 0. The van der Waals surface area contributed by atoms with Crippen LogP contribution < -0.4 is 10.5 Å². The molecule has 1 amide bonds. The number of ether oxygens (including phenoxy) is 1. The van der Waals surface area contributed by atoms with Gasteiger partial charge in [-0.25, -0.2) is 0 Å². The van der Waals surface area contributed by atoms with Gasteiger partial charge in [-0.1, -0.05) is 52.7 Å². The van der Waals surface area contributed by atoms with Gasteiger partial charge in [-0.2, -0.15) is 0 Å². The Balaban J connectivity index is 1.91. The van der Waals surface area contributed by atoms with Crippen LogP contribution in [0.2, 0.25) is 0 Å². The molecule has 2 aliphatic heterocycles.